The van der Waals surface area contributed by atoms with Crippen molar-refractivity contribution in [2.75, 3.05) is 0 Å². The van der Waals surface area contributed by atoms with Gasteiger partial charge in [-0.15, -0.1) is 5.10 Å². The molecule has 0 aliphatic carbocycles. The van der Waals surface area contributed by atoms with Crippen LogP contribution in [0.4, 0.5) is 0 Å². The van der Waals surface area contributed by atoms with Crippen LogP contribution in [0, 0.1) is 0 Å². The lowest BCUT2D eigenvalue weighted by Crippen LogP contribution is -2.00. The predicted octanol–water partition coefficient (Wildman–Crippen LogP) is 2.24. The first-order valence-electron chi connectivity index (χ1n) is 5.91. The van der Waals surface area contributed by atoms with Crippen LogP contribution in [0.2, 0.25) is 0 Å². The van der Waals surface area contributed by atoms with E-state index in [1.54, 1.807) is 23.3 Å². The van der Waals surface area contributed by atoms with Gasteiger partial charge in [0.1, 0.15) is 12.4 Å². The number of nitrogens with zero attached hydrogens (tertiary/aromatic N) is 4. The van der Waals surface area contributed by atoms with Gasteiger partial charge in [0.05, 0.1) is 18.6 Å². The van der Waals surface area contributed by atoms with Crippen LogP contribution in [0.15, 0.2) is 61.1 Å². The van der Waals surface area contributed by atoms with Crippen LogP contribution in [0.1, 0.15) is 5.56 Å². The highest BCUT2D eigenvalue weighted by Gasteiger charge is 2.00. The Morgan fingerprint density at radius 3 is 2.63 bits per heavy atom. The zero-order valence-corrected chi connectivity index (χ0v) is 10.2. The van der Waals surface area contributed by atoms with Crippen LogP contribution >= 0.6 is 0 Å². The Bertz CT molecular complexity index is 620. The molecule has 0 spiro atoms. The van der Waals surface area contributed by atoms with E-state index in [0.29, 0.717) is 12.4 Å². The van der Waals surface area contributed by atoms with Crippen LogP contribution in [0.3, 0.4) is 0 Å². The second-order valence-corrected chi connectivity index (χ2v) is 3.97. The minimum absolute atomic E-state index is 0.533. The maximum Gasteiger partial charge on any atom is 0.155 e. The van der Waals surface area contributed by atoms with E-state index in [4.69, 9.17) is 4.74 Å². The lowest BCUT2D eigenvalue weighted by molar-refractivity contribution is 0.305. The Morgan fingerprint density at radius 1 is 1.05 bits per heavy atom. The summed E-state index contributed by atoms with van der Waals surface area (Å²) in [5.74, 6) is 1.44. The molecule has 5 nitrogen and oxygen atoms in total. The molecule has 0 bridgehead atoms. The van der Waals surface area contributed by atoms with Gasteiger partial charge in [-0.3, -0.25) is 0 Å². The molecule has 1 aromatic carbocycles. The summed E-state index contributed by atoms with van der Waals surface area (Å²) in [4.78, 5) is 4.27. The van der Waals surface area contributed by atoms with Gasteiger partial charge in [-0.25, -0.2) is 9.67 Å². The van der Waals surface area contributed by atoms with Crippen molar-refractivity contribution in [1.82, 2.24) is 20.0 Å². The molecule has 0 unspecified atom stereocenters. The SMILES string of the molecule is c1ccc(COc2ccc(-n3ccnn3)nc2)cc1. The molecule has 2 aromatic heterocycles. The second kappa shape index (κ2) is 5.30. The molecule has 3 rings (SSSR count). The second-order valence-electron chi connectivity index (χ2n) is 3.97. The number of rotatable bonds is 4. The van der Waals surface area contributed by atoms with Gasteiger partial charge in [0, 0.05) is 0 Å². The van der Waals surface area contributed by atoms with Gasteiger partial charge in [0.2, 0.25) is 0 Å². The smallest absolute Gasteiger partial charge is 0.155 e. The molecule has 94 valence electrons. The van der Waals surface area contributed by atoms with Gasteiger partial charge in [0.15, 0.2) is 5.82 Å². The quantitative estimate of drug-likeness (QED) is 0.714. The molecule has 0 radical (unpaired) electrons. The van der Waals surface area contributed by atoms with E-state index in [0.717, 1.165) is 11.3 Å². The first-order valence-corrected chi connectivity index (χ1v) is 5.91. The predicted molar refractivity (Wildman–Crippen MR) is 69.9 cm³/mol. The van der Waals surface area contributed by atoms with Crippen molar-refractivity contribution in [3.8, 4) is 11.6 Å². The number of hydrogen-bond acceptors (Lipinski definition) is 4. The van der Waals surface area contributed by atoms with E-state index in [9.17, 15) is 0 Å². The summed E-state index contributed by atoms with van der Waals surface area (Å²) >= 11 is 0. The third-order valence-corrected chi connectivity index (χ3v) is 2.63. The summed E-state index contributed by atoms with van der Waals surface area (Å²) in [5, 5.41) is 7.61. The van der Waals surface area contributed by atoms with Crippen LogP contribution in [-0.4, -0.2) is 20.0 Å². The van der Waals surface area contributed by atoms with E-state index in [1.807, 2.05) is 42.5 Å². The van der Waals surface area contributed by atoms with Crippen molar-refractivity contribution in [1.29, 1.82) is 0 Å². The third-order valence-electron chi connectivity index (χ3n) is 2.63. The number of aromatic nitrogens is 4. The molecule has 0 fully saturated rings. The third kappa shape index (κ3) is 2.77. The summed E-state index contributed by atoms with van der Waals surface area (Å²) in [7, 11) is 0. The zero-order chi connectivity index (χ0) is 12.9. The summed E-state index contributed by atoms with van der Waals surface area (Å²) in [5.41, 5.74) is 1.13. The van der Waals surface area contributed by atoms with Crippen molar-refractivity contribution in [2.45, 2.75) is 6.61 Å². The van der Waals surface area contributed by atoms with Crippen molar-refractivity contribution < 1.29 is 4.74 Å². The molecule has 0 saturated carbocycles. The molecule has 0 aliphatic heterocycles. The van der Waals surface area contributed by atoms with Crippen molar-refractivity contribution in [3.63, 3.8) is 0 Å². The summed E-state index contributed by atoms with van der Waals surface area (Å²) in [6.45, 7) is 0.533. The highest BCUT2D eigenvalue weighted by atomic mass is 16.5. The van der Waals surface area contributed by atoms with Gasteiger partial charge in [-0.2, -0.15) is 0 Å². The van der Waals surface area contributed by atoms with Gasteiger partial charge >= 0.3 is 0 Å². The Hall–Kier alpha value is -2.69. The molecule has 19 heavy (non-hydrogen) atoms. The number of ether oxygens (including phenoxy) is 1. The fraction of sp³-hybridized carbons (Fsp3) is 0.0714. The van der Waals surface area contributed by atoms with E-state index in [-0.39, 0.29) is 0 Å². The normalized spacial score (nSPS) is 10.3. The average Bonchev–Trinajstić information content (AvgIpc) is 3.01. The topological polar surface area (TPSA) is 52.8 Å². The highest BCUT2D eigenvalue weighted by Crippen LogP contribution is 2.13. The summed E-state index contributed by atoms with van der Waals surface area (Å²) in [6.07, 6.45) is 5.04. The molecule has 0 N–H and O–H groups in total. The molecule has 0 atom stereocenters. The molecular weight excluding hydrogens is 240 g/mol. The van der Waals surface area contributed by atoms with E-state index in [2.05, 4.69) is 15.3 Å². The molecule has 5 heteroatoms. The molecule has 3 aromatic rings. The van der Waals surface area contributed by atoms with E-state index in [1.165, 1.54) is 0 Å². The fourth-order valence-corrected chi connectivity index (χ4v) is 1.66. The highest BCUT2D eigenvalue weighted by molar-refractivity contribution is 5.27. The number of pyridine rings is 1. The standard InChI is InChI=1S/C14H12N4O/c1-2-4-12(5-3-1)11-19-13-6-7-14(15-10-13)18-9-8-16-17-18/h1-10H,11H2. The number of benzene rings is 1. The monoisotopic (exact) mass is 252 g/mol. The van der Waals surface area contributed by atoms with Crippen molar-refractivity contribution >= 4 is 0 Å². The first-order chi connectivity index (χ1) is 9.42. The molecule has 2 heterocycles. The molecule has 0 saturated heterocycles. The summed E-state index contributed by atoms with van der Waals surface area (Å²) in [6, 6.07) is 13.7. The number of hydrogen-bond donors (Lipinski definition) is 0. The fourth-order valence-electron chi connectivity index (χ4n) is 1.66. The molecule has 0 amide bonds. The Labute approximate surface area is 110 Å². The Morgan fingerprint density at radius 2 is 1.95 bits per heavy atom. The zero-order valence-electron chi connectivity index (χ0n) is 10.2. The van der Waals surface area contributed by atoms with Crippen LogP contribution in [0.25, 0.3) is 5.82 Å². The Balaban J connectivity index is 1.67. The van der Waals surface area contributed by atoms with Gasteiger partial charge in [0.25, 0.3) is 0 Å². The molecule has 0 aliphatic rings. The maximum atomic E-state index is 5.66. The minimum Gasteiger partial charge on any atom is -0.487 e. The van der Waals surface area contributed by atoms with Gasteiger partial charge in [-0.05, 0) is 17.7 Å². The lowest BCUT2D eigenvalue weighted by Gasteiger charge is -2.06. The lowest BCUT2D eigenvalue weighted by atomic mass is 10.2. The minimum atomic E-state index is 0.533. The largest absolute Gasteiger partial charge is 0.487 e. The Kier molecular flexibility index (Phi) is 3.18. The van der Waals surface area contributed by atoms with Gasteiger partial charge in [-0.1, -0.05) is 35.5 Å². The average molecular weight is 252 g/mol. The first kappa shape index (κ1) is 11.4. The van der Waals surface area contributed by atoms with Gasteiger partial charge < -0.3 is 4.74 Å². The van der Waals surface area contributed by atoms with Crippen LogP contribution in [0.5, 0.6) is 5.75 Å². The summed E-state index contributed by atoms with van der Waals surface area (Å²) < 4.78 is 7.25. The van der Waals surface area contributed by atoms with E-state index < -0.39 is 0 Å². The van der Waals surface area contributed by atoms with Crippen LogP contribution in [-0.2, 0) is 6.61 Å². The van der Waals surface area contributed by atoms with Crippen molar-refractivity contribution in [3.05, 3.63) is 66.6 Å². The van der Waals surface area contributed by atoms with E-state index >= 15 is 0 Å². The van der Waals surface area contributed by atoms with Crippen LogP contribution < -0.4 is 4.74 Å². The maximum absolute atomic E-state index is 5.66. The molecular formula is C14H12N4O. The van der Waals surface area contributed by atoms with Crippen molar-refractivity contribution in [2.24, 2.45) is 0 Å².